The Hall–Kier alpha value is -1.88. The van der Waals surface area contributed by atoms with Crippen LogP contribution in [0, 0.1) is 6.92 Å². The van der Waals surface area contributed by atoms with E-state index < -0.39 is 24.0 Å². The molecule has 98 valence electrons. The second kappa shape index (κ2) is 6.16. The summed E-state index contributed by atoms with van der Waals surface area (Å²) in [6, 6.07) is 5.50. The third-order valence-corrected chi connectivity index (χ3v) is 2.74. The molecule has 0 spiro atoms. The Kier molecular flexibility index (Phi) is 4.85. The van der Waals surface area contributed by atoms with Gasteiger partial charge in [0.05, 0.1) is 0 Å². The van der Waals surface area contributed by atoms with Gasteiger partial charge in [0.25, 0.3) is 0 Å². The van der Waals surface area contributed by atoms with Crippen molar-refractivity contribution in [2.24, 2.45) is 5.73 Å². The molecule has 0 aliphatic heterocycles. The second-order valence-electron chi connectivity index (χ2n) is 4.20. The fourth-order valence-electron chi connectivity index (χ4n) is 1.53. The summed E-state index contributed by atoms with van der Waals surface area (Å²) in [6.45, 7) is 3.63. The van der Waals surface area contributed by atoms with E-state index in [0.717, 1.165) is 5.56 Å². The van der Waals surface area contributed by atoms with E-state index in [2.05, 4.69) is 5.32 Å². The Morgan fingerprint density at radius 2 is 1.89 bits per heavy atom. The zero-order chi connectivity index (χ0) is 13.7. The smallest absolute Gasteiger partial charge is 0.326 e. The first kappa shape index (κ1) is 14.2. The fraction of sp³-hybridized carbons (Fsp3) is 0.385. The van der Waals surface area contributed by atoms with Crippen LogP contribution >= 0.6 is 0 Å². The van der Waals surface area contributed by atoms with E-state index in [9.17, 15) is 9.59 Å². The van der Waals surface area contributed by atoms with E-state index in [1.165, 1.54) is 0 Å². The van der Waals surface area contributed by atoms with Gasteiger partial charge >= 0.3 is 5.97 Å². The van der Waals surface area contributed by atoms with Crippen LogP contribution in [0.25, 0.3) is 0 Å². The van der Waals surface area contributed by atoms with E-state index in [0.29, 0.717) is 12.0 Å². The molecule has 1 amide bonds. The highest BCUT2D eigenvalue weighted by atomic mass is 16.4. The van der Waals surface area contributed by atoms with Crippen molar-refractivity contribution in [3.05, 3.63) is 35.4 Å². The van der Waals surface area contributed by atoms with Crippen LogP contribution in [0.5, 0.6) is 0 Å². The van der Waals surface area contributed by atoms with E-state index in [1.54, 1.807) is 19.1 Å². The summed E-state index contributed by atoms with van der Waals surface area (Å²) in [5.41, 5.74) is 7.52. The number of aliphatic carboxylic acids is 1. The number of carbonyl (C=O) groups is 2. The van der Waals surface area contributed by atoms with Crippen LogP contribution in [0.2, 0.25) is 0 Å². The molecule has 0 aliphatic rings. The van der Waals surface area contributed by atoms with Gasteiger partial charge in [-0.1, -0.05) is 36.8 Å². The maximum absolute atomic E-state index is 11.8. The van der Waals surface area contributed by atoms with Gasteiger partial charge in [-0.2, -0.15) is 0 Å². The Morgan fingerprint density at radius 3 is 2.33 bits per heavy atom. The van der Waals surface area contributed by atoms with Crippen molar-refractivity contribution in [2.75, 3.05) is 0 Å². The summed E-state index contributed by atoms with van der Waals surface area (Å²) >= 11 is 0. The molecule has 1 aromatic carbocycles. The molecule has 0 aromatic heterocycles. The minimum Gasteiger partial charge on any atom is -0.480 e. The molecule has 0 bridgehead atoms. The zero-order valence-corrected chi connectivity index (χ0v) is 10.5. The van der Waals surface area contributed by atoms with Gasteiger partial charge in [0.1, 0.15) is 12.1 Å². The van der Waals surface area contributed by atoms with Crippen molar-refractivity contribution in [3.8, 4) is 0 Å². The van der Waals surface area contributed by atoms with Crippen LogP contribution in [0.15, 0.2) is 24.3 Å². The second-order valence-corrected chi connectivity index (χ2v) is 4.20. The monoisotopic (exact) mass is 250 g/mol. The highest BCUT2D eigenvalue weighted by molar-refractivity contribution is 5.87. The number of carboxylic acids is 1. The molecule has 5 nitrogen and oxygen atoms in total. The van der Waals surface area contributed by atoms with Crippen molar-refractivity contribution in [1.82, 2.24) is 5.32 Å². The number of hydrogen-bond donors (Lipinski definition) is 3. The van der Waals surface area contributed by atoms with Crippen LogP contribution in [-0.2, 0) is 9.59 Å². The first-order valence-corrected chi connectivity index (χ1v) is 5.81. The lowest BCUT2D eigenvalue weighted by atomic mass is 10.0. The van der Waals surface area contributed by atoms with Crippen molar-refractivity contribution in [3.63, 3.8) is 0 Å². The standard InChI is InChI=1S/C13H18N2O3/c1-3-10(13(17)18)15-12(16)11(14)9-6-4-8(2)5-7-9/h4-7,10-11H,3,14H2,1-2H3,(H,15,16)(H,17,18). The van der Waals surface area contributed by atoms with Crippen molar-refractivity contribution >= 4 is 11.9 Å². The quantitative estimate of drug-likeness (QED) is 0.726. The van der Waals surface area contributed by atoms with Gasteiger partial charge in [0.15, 0.2) is 0 Å². The summed E-state index contributed by atoms with van der Waals surface area (Å²) < 4.78 is 0. The average molecular weight is 250 g/mol. The highest BCUT2D eigenvalue weighted by Gasteiger charge is 2.22. The van der Waals surface area contributed by atoms with Gasteiger partial charge in [-0.25, -0.2) is 4.79 Å². The largest absolute Gasteiger partial charge is 0.480 e. The number of amides is 1. The first-order valence-electron chi connectivity index (χ1n) is 5.81. The predicted octanol–water partition coefficient (Wildman–Crippen LogP) is 0.974. The molecule has 4 N–H and O–H groups in total. The maximum Gasteiger partial charge on any atom is 0.326 e. The van der Waals surface area contributed by atoms with Crippen molar-refractivity contribution in [1.29, 1.82) is 0 Å². The lowest BCUT2D eigenvalue weighted by Gasteiger charge is -2.16. The van der Waals surface area contributed by atoms with E-state index in [-0.39, 0.29) is 0 Å². The minimum absolute atomic E-state index is 0.321. The molecule has 1 rings (SSSR count). The molecule has 2 unspecified atom stereocenters. The molecule has 0 saturated heterocycles. The Morgan fingerprint density at radius 1 is 1.33 bits per heavy atom. The van der Waals surface area contributed by atoms with Crippen LogP contribution in [0.3, 0.4) is 0 Å². The van der Waals surface area contributed by atoms with Crippen molar-refractivity contribution in [2.45, 2.75) is 32.4 Å². The summed E-state index contributed by atoms with van der Waals surface area (Å²) in [6.07, 6.45) is 0.321. The predicted molar refractivity (Wildman–Crippen MR) is 68.0 cm³/mol. The lowest BCUT2D eigenvalue weighted by molar-refractivity contribution is -0.142. The number of hydrogen-bond acceptors (Lipinski definition) is 3. The van der Waals surface area contributed by atoms with Crippen LogP contribution in [-0.4, -0.2) is 23.0 Å². The summed E-state index contributed by atoms with van der Waals surface area (Å²) in [5, 5.41) is 11.3. The topological polar surface area (TPSA) is 92.4 Å². The first-order chi connectivity index (χ1) is 8.45. The highest BCUT2D eigenvalue weighted by Crippen LogP contribution is 2.12. The van der Waals surface area contributed by atoms with Gasteiger partial charge in [0.2, 0.25) is 5.91 Å². The third-order valence-electron chi connectivity index (χ3n) is 2.74. The molecule has 1 aromatic rings. The number of nitrogens with one attached hydrogen (secondary N) is 1. The number of aryl methyl sites for hydroxylation is 1. The van der Waals surface area contributed by atoms with Gasteiger partial charge in [-0.3, -0.25) is 4.79 Å². The Bertz CT molecular complexity index is 428. The molecular formula is C13H18N2O3. The summed E-state index contributed by atoms with van der Waals surface area (Å²) in [7, 11) is 0. The molecule has 5 heteroatoms. The minimum atomic E-state index is -1.05. The molecule has 0 saturated carbocycles. The summed E-state index contributed by atoms with van der Waals surface area (Å²) in [5.74, 6) is -1.53. The average Bonchev–Trinajstić information content (AvgIpc) is 2.35. The third kappa shape index (κ3) is 3.56. The lowest BCUT2D eigenvalue weighted by Crippen LogP contribution is -2.44. The number of nitrogens with two attached hydrogens (primary N) is 1. The normalized spacial score (nSPS) is 13.7. The van der Waals surface area contributed by atoms with E-state index >= 15 is 0 Å². The van der Waals surface area contributed by atoms with E-state index in [1.807, 2.05) is 19.1 Å². The zero-order valence-electron chi connectivity index (χ0n) is 10.5. The van der Waals surface area contributed by atoms with Gasteiger partial charge in [-0.15, -0.1) is 0 Å². The molecule has 0 heterocycles. The Labute approximate surface area is 106 Å². The van der Waals surface area contributed by atoms with Gasteiger partial charge < -0.3 is 16.2 Å². The van der Waals surface area contributed by atoms with Crippen LogP contribution < -0.4 is 11.1 Å². The maximum atomic E-state index is 11.8. The molecular weight excluding hydrogens is 232 g/mol. The number of rotatable bonds is 5. The fourth-order valence-corrected chi connectivity index (χ4v) is 1.53. The summed E-state index contributed by atoms with van der Waals surface area (Å²) in [4.78, 5) is 22.6. The molecule has 0 aliphatic carbocycles. The Balaban J connectivity index is 2.72. The van der Waals surface area contributed by atoms with Crippen molar-refractivity contribution < 1.29 is 14.7 Å². The molecule has 2 atom stereocenters. The van der Waals surface area contributed by atoms with Crippen LogP contribution in [0.4, 0.5) is 0 Å². The van der Waals surface area contributed by atoms with Gasteiger partial charge in [-0.05, 0) is 18.9 Å². The SMILES string of the molecule is CCC(NC(=O)C(N)c1ccc(C)cc1)C(=O)O. The number of carboxylic acid groups (broad SMARTS) is 1. The van der Waals surface area contributed by atoms with Crippen LogP contribution in [0.1, 0.15) is 30.5 Å². The van der Waals surface area contributed by atoms with Gasteiger partial charge in [0, 0.05) is 0 Å². The number of carbonyl (C=O) groups excluding carboxylic acids is 1. The van der Waals surface area contributed by atoms with E-state index in [4.69, 9.17) is 10.8 Å². The molecule has 0 radical (unpaired) electrons. The molecule has 0 fully saturated rings. The number of benzene rings is 1. The molecule has 18 heavy (non-hydrogen) atoms.